The minimum Gasteiger partial charge on any atom is -0.481 e. The average Bonchev–Trinajstić information content (AvgIpc) is 2.36. The Balaban J connectivity index is 2.36. The minimum atomic E-state index is -4.37. The Bertz CT molecular complexity index is 352. The second kappa shape index (κ2) is 6.92. The third-order valence-corrected chi connectivity index (χ3v) is 3.50. The standard InChI is InChI=1S/C12H19F3N2O3/c13-12(14,15)8-16-6-9(18)17-7-11(10(19)20)4-2-1-3-5-11/h16H,1-8H2,(H,17,18)(H,19,20). The summed E-state index contributed by atoms with van der Waals surface area (Å²) in [6.07, 6.45) is -0.859. The predicted molar refractivity (Wildman–Crippen MR) is 65.1 cm³/mol. The number of hydrogen-bond acceptors (Lipinski definition) is 3. The second-order valence-corrected chi connectivity index (χ2v) is 5.14. The first-order valence-electron chi connectivity index (χ1n) is 6.53. The van der Waals surface area contributed by atoms with Gasteiger partial charge in [-0.2, -0.15) is 13.2 Å². The van der Waals surface area contributed by atoms with Crippen LogP contribution in [0.3, 0.4) is 0 Å². The van der Waals surface area contributed by atoms with E-state index in [0.717, 1.165) is 19.3 Å². The van der Waals surface area contributed by atoms with Crippen LogP contribution >= 0.6 is 0 Å². The number of aliphatic carboxylic acids is 1. The lowest BCUT2D eigenvalue weighted by molar-refractivity contribution is -0.151. The maximum absolute atomic E-state index is 11.9. The van der Waals surface area contributed by atoms with Crippen molar-refractivity contribution < 1.29 is 27.9 Å². The van der Waals surface area contributed by atoms with Crippen molar-refractivity contribution in [2.45, 2.75) is 38.3 Å². The highest BCUT2D eigenvalue weighted by Gasteiger charge is 2.39. The molecule has 1 rings (SSSR count). The van der Waals surface area contributed by atoms with Crippen LogP contribution in [0.15, 0.2) is 0 Å². The lowest BCUT2D eigenvalue weighted by Gasteiger charge is -2.33. The van der Waals surface area contributed by atoms with E-state index < -0.39 is 36.6 Å². The highest BCUT2D eigenvalue weighted by molar-refractivity contribution is 5.80. The number of carbonyl (C=O) groups is 2. The molecule has 0 heterocycles. The van der Waals surface area contributed by atoms with E-state index in [1.165, 1.54) is 0 Å². The van der Waals surface area contributed by atoms with Crippen LogP contribution in [0.25, 0.3) is 0 Å². The molecule has 8 heteroatoms. The van der Waals surface area contributed by atoms with Crippen molar-refractivity contribution >= 4 is 11.9 Å². The monoisotopic (exact) mass is 296 g/mol. The third-order valence-electron chi connectivity index (χ3n) is 3.50. The van der Waals surface area contributed by atoms with Crippen molar-refractivity contribution in [3.05, 3.63) is 0 Å². The number of halogens is 3. The lowest BCUT2D eigenvalue weighted by Crippen LogP contribution is -2.47. The van der Waals surface area contributed by atoms with Crippen molar-refractivity contribution in [3.63, 3.8) is 0 Å². The van der Waals surface area contributed by atoms with Crippen LogP contribution < -0.4 is 10.6 Å². The summed E-state index contributed by atoms with van der Waals surface area (Å²) in [5, 5.41) is 13.7. The molecule has 1 saturated carbocycles. The number of carbonyl (C=O) groups excluding carboxylic acids is 1. The lowest BCUT2D eigenvalue weighted by atomic mass is 9.74. The van der Waals surface area contributed by atoms with Gasteiger partial charge in [-0.15, -0.1) is 0 Å². The van der Waals surface area contributed by atoms with Crippen LogP contribution in [-0.2, 0) is 9.59 Å². The fourth-order valence-corrected chi connectivity index (χ4v) is 2.34. The van der Waals surface area contributed by atoms with E-state index in [9.17, 15) is 27.9 Å². The van der Waals surface area contributed by atoms with Crippen LogP contribution in [-0.4, -0.2) is 42.8 Å². The smallest absolute Gasteiger partial charge is 0.401 e. The Morgan fingerprint density at radius 1 is 1.15 bits per heavy atom. The number of hydrogen-bond donors (Lipinski definition) is 3. The number of amides is 1. The van der Waals surface area contributed by atoms with E-state index in [2.05, 4.69) is 5.32 Å². The summed E-state index contributed by atoms with van der Waals surface area (Å²) in [6, 6.07) is 0. The largest absolute Gasteiger partial charge is 0.481 e. The fourth-order valence-electron chi connectivity index (χ4n) is 2.34. The molecule has 116 valence electrons. The molecule has 0 aromatic heterocycles. The molecule has 0 aliphatic heterocycles. The molecule has 3 N–H and O–H groups in total. The van der Waals surface area contributed by atoms with Crippen molar-refractivity contribution in [1.29, 1.82) is 0 Å². The first-order valence-corrected chi connectivity index (χ1v) is 6.53. The summed E-state index contributed by atoms with van der Waals surface area (Å²) in [5.41, 5.74) is -0.974. The van der Waals surface area contributed by atoms with Gasteiger partial charge in [0, 0.05) is 6.54 Å². The topological polar surface area (TPSA) is 78.4 Å². The van der Waals surface area contributed by atoms with Gasteiger partial charge in [0.1, 0.15) is 0 Å². The summed E-state index contributed by atoms with van der Waals surface area (Å²) in [6.45, 7) is -1.76. The number of carboxylic acids is 1. The van der Waals surface area contributed by atoms with Crippen LogP contribution in [0.4, 0.5) is 13.2 Å². The first-order chi connectivity index (χ1) is 9.25. The third kappa shape index (κ3) is 5.36. The van der Waals surface area contributed by atoms with Gasteiger partial charge in [0.2, 0.25) is 5.91 Å². The predicted octanol–water partition coefficient (Wildman–Crippen LogP) is 1.29. The number of alkyl halides is 3. The molecular formula is C12H19F3N2O3. The summed E-state index contributed by atoms with van der Waals surface area (Å²) in [4.78, 5) is 22.7. The molecular weight excluding hydrogens is 277 g/mol. The Morgan fingerprint density at radius 3 is 2.25 bits per heavy atom. The van der Waals surface area contributed by atoms with Crippen LogP contribution in [0, 0.1) is 5.41 Å². The molecule has 0 unspecified atom stereocenters. The minimum absolute atomic E-state index is 0.0329. The van der Waals surface area contributed by atoms with E-state index in [0.29, 0.717) is 12.8 Å². The zero-order valence-corrected chi connectivity index (χ0v) is 11.1. The molecule has 0 aromatic carbocycles. The Hall–Kier alpha value is -1.31. The van der Waals surface area contributed by atoms with Crippen molar-refractivity contribution in [1.82, 2.24) is 10.6 Å². The molecule has 1 aliphatic carbocycles. The maximum Gasteiger partial charge on any atom is 0.401 e. The van der Waals surface area contributed by atoms with Gasteiger partial charge in [-0.05, 0) is 12.8 Å². The maximum atomic E-state index is 11.9. The molecule has 20 heavy (non-hydrogen) atoms. The summed E-state index contributed by atoms with van der Waals surface area (Å²) in [7, 11) is 0. The van der Waals surface area contributed by atoms with Gasteiger partial charge >= 0.3 is 12.1 Å². The Labute approximate surface area is 114 Å². The second-order valence-electron chi connectivity index (χ2n) is 5.14. The number of carboxylic acid groups (broad SMARTS) is 1. The fraction of sp³-hybridized carbons (Fsp3) is 0.833. The molecule has 0 spiro atoms. The van der Waals surface area contributed by atoms with Crippen LogP contribution in [0.1, 0.15) is 32.1 Å². The van der Waals surface area contributed by atoms with Crippen molar-refractivity contribution in [2.75, 3.05) is 19.6 Å². The SMILES string of the molecule is O=C(CNCC(F)(F)F)NCC1(C(=O)O)CCCCC1. The first kappa shape index (κ1) is 16.7. The van der Waals surface area contributed by atoms with E-state index in [4.69, 9.17) is 0 Å². The Kier molecular flexibility index (Phi) is 5.79. The zero-order valence-electron chi connectivity index (χ0n) is 11.1. The summed E-state index contributed by atoms with van der Waals surface area (Å²) < 4.78 is 35.6. The molecule has 5 nitrogen and oxygen atoms in total. The van der Waals surface area contributed by atoms with Gasteiger partial charge < -0.3 is 15.7 Å². The van der Waals surface area contributed by atoms with Gasteiger partial charge in [-0.3, -0.25) is 9.59 Å². The van der Waals surface area contributed by atoms with Gasteiger partial charge in [-0.1, -0.05) is 19.3 Å². The molecule has 0 radical (unpaired) electrons. The van der Waals surface area contributed by atoms with E-state index in [-0.39, 0.29) is 6.54 Å². The van der Waals surface area contributed by atoms with Crippen LogP contribution in [0.2, 0.25) is 0 Å². The highest BCUT2D eigenvalue weighted by atomic mass is 19.4. The van der Waals surface area contributed by atoms with E-state index >= 15 is 0 Å². The molecule has 0 saturated heterocycles. The van der Waals surface area contributed by atoms with E-state index in [1.807, 2.05) is 5.32 Å². The van der Waals surface area contributed by atoms with Gasteiger partial charge in [-0.25, -0.2) is 0 Å². The normalized spacial score (nSPS) is 18.6. The molecule has 1 aliphatic rings. The van der Waals surface area contributed by atoms with Crippen molar-refractivity contribution in [3.8, 4) is 0 Å². The van der Waals surface area contributed by atoms with Gasteiger partial charge in [0.25, 0.3) is 0 Å². The summed E-state index contributed by atoms with van der Waals surface area (Å²) >= 11 is 0. The zero-order chi connectivity index (χ0) is 15.2. The van der Waals surface area contributed by atoms with Crippen LogP contribution in [0.5, 0.6) is 0 Å². The van der Waals surface area contributed by atoms with Crippen molar-refractivity contribution in [2.24, 2.45) is 5.41 Å². The average molecular weight is 296 g/mol. The summed E-state index contributed by atoms with van der Waals surface area (Å²) in [5.74, 6) is -1.58. The van der Waals surface area contributed by atoms with E-state index in [1.54, 1.807) is 0 Å². The van der Waals surface area contributed by atoms with Gasteiger partial charge in [0.05, 0.1) is 18.5 Å². The molecule has 1 fully saturated rings. The molecule has 0 bridgehead atoms. The highest BCUT2D eigenvalue weighted by Crippen LogP contribution is 2.35. The molecule has 0 aromatic rings. The van der Waals surface area contributed by atoms with Gasteiger partial charge in [0.15, 0.2) is 0 Å². The molecule has 0 atom stereocenters. The number of rotatable bonds is 6. The Morgan fingerprint density at radius 2 is 1.75 bits per heavy atom. The number of nitrogens with one attached hydrogen (secondary N) is 2. The quantitative estimate of drug-likeness (QED) is 0.690. The molecule has 1 amide bonds.